The van der Waals surface area contributed by atoms with Gasteiger partial charge in [-0.25, -0.2) is 4.79 Å². The number of nitrogens with zero attached hydrogens (tertiary/aromatic N) is 1. The maximum Gasteiger partial charge on any atom is 0.401 e. The number of halogens is 3. The number of ether oxygens (including phenoxy) is 1. The summed E-state index contributed by atoms with van der Waals surface area (Å²) in [4.78, 5) is 12.5. The van der Waals surface area contributed by atoms with Crippen LogP contribution < -0.4 is 0 Å². The van der Waals surface area contributed by atoms with Crippen molar-refractivity contribution in [2.24, 2.45) is 0 Å². The lowest BCUT2D eigenvalue weighted by Gasteiger charge is -2.21. The highest BCUT2D eigenvalue weighted by atomic mass is 19.4. The summed E-state index contributed by atoms with van der Waals surface area (Å²) in [7, 11) is 0. The average molecular weight is 295 g/mol. The lowest BCUT2D eigenvalue weighted by atomic mass is 10.2. The van der Waals surface area contributed by atoms with E-state index in [0.29, 0.717) is 0 Å². The van der Waals surface area contributed by atoms with Gasteiger partial charge in [0, 0.05) is 6.54 Å². The largest absolute Gasteiger partial charge is 0.467 e. The number of alkyl halides is 3. The molecular weight excluding hydrogens is 279 g/mol. The van der Waals surface area contributed by atoms with Gasteiger partial charge in [0.1, 0.15) is 11.3 Å². The Labute approximate surface area is 113 Å². The van der Waals surface area contributed by atoms with Crippen molar-refractivity contribution in [3.8, 4) is 0 Å². The van der Waals surface area contributed by atoms with Gasteiger partial charge in [-0.1, -0.05) is 0 Å². The molecule has 1 N–H and O–H groups in total. The summed E-state index contributed by atoms with van der Waals surface area (Å²) in [5.41, 5.74) is 0.0944. The summed E-state index contributed by atoms with van der Waals surface area (Å²) in [5, 5.41) is 8.79. The van der Waals surface area contributed by atoms with E-state index in [0.717, 1.165) is 4.90 Å². The Morgan fingerprint density at radius 2 is 2.20 bits per heavy atom. The molecule has 0 fully saturated rings. The van der Waals surface area contributed by atoms with Gasteiger partial charge in [0.05, 0.1) is 32.6 Å². The van der Waals surface area contributed by atoms with E-state index in [1.54, 1.807) is 6.92 Å². The van der Waals surface area contributed by atoms with E-state index in [1.165, 1.54) is 12.3 Å². The van der Waals surface area contributed by atoms with Gasteiger partial charge in [-0.3, -0.25) is 4.90 Å². The maximum absolute atomic E-state index is 12.4. The van der Waals surface area contributed by atoms with Crippen molar-refractivity contribution in [3.05, 3.63) is 23.7 Å². The number of aliphatic hydroxyl groups excluding tert-OH is 1. The summed E-state index contributed by atoms with van der Waals surface area (Å²) in [6.45, 7) is -0.253. The molecule has 1 rings (SSSR count). The number of hydrogen-bond donors (Lipinski definition) is 1. The van der Waals surface area contributed by atoms with Crippen LogP contribution in [0.3, 0.4) is 0 Å². The summed E-state index contributed by atoms with van der Waals surface area (Å²) in [6.07, 6.45) is -3.18. The molecule has 0 saturated carbocycles. The van der Waals surface area contributed by atoms with Crippen LogP contribution in [0.25, 0.3) is 0 Å². The number of carbonyl (C=O) groups excluding carboxylic acids is 1. The van der Waals surface area contributed by atoms with Gasteiger partial charge >= 0.3 is 12.1 Å². The summed E-state index contributed by atoms with van der Waals surface area (Å²) in [6, 6.07) is 1.35. The maximum atomic E-state index is 12.4. The molecule has 0 aliphatic heterocycles. The smallest absolute Gasteiger partial charge is 0.401 e. The Balaban J connectivity index is 2.78. The van der Waals surface area contributed by atoms with E-state index >= 15 is 0 Å². The van der Waals surface area contributed by atoms with Crippen molar-refractivity contribution in [2.45, 2.75) is 19.6 Å². The first-order chi connectivity index (χ1) is 9.37. The van der Waals surface area contributed by atoms with Crippen LogP contribution >= 0.6 is 0 Å². The molecule has 0 atom stereocenters. The fourth-order valence-electron chi connectivity index (χ4n) is 1.67. The molecule has 0 aliphatic carbocycles. The summed E-state index contributed by atoms with van der Waals surface area (Å²) in [5.74, 6) is -0.562. The van der Waals surface area contributed by atoms with Crippen LogP contribution in [0, 0.1) is 0 Å². The third kappa shape index (κ3) is 5.22. The van der Waals surface area contributed by atoms with E-state index < -0.39 is 25.3 Å². The molecule has 0 aromatic carbocycles. The third-order valence-corrected chi connectivity index (χ3v) is 2.43. The minimum absolute atomic E-state index is 0.0844. The number of furan rings is 1. The first-order valence-corrected chi connectivity index (χ1v) is 6.00. The molecule has 0 amide bonds. The highest BCUT2D eigenvalue weighted by molar-refractivity contribution is 5.90. The topological polar surface area (TPSA) is 62.9 Å². The van der Waals surface area contributed by atoms with E-state index in [-0.39, 0.29) is 31.0 Å². The molecule has 8 heteroatoms. The van der Waals surface area contributed by atoms with E-state index in [9.17, 15) is 18.0 Å². The first kappa shape index (κ1) is 16.5. The van der Waals surface area contributed by atoms with Gasteiger partial charge in [-0.2, -0.15) is 13.2 Å². The van der Waals surface area contributed by atoms with Crippen LogP contribution in [-0.4, -0.2) is 48.5 Å². The standard InChI is InChI=1S/C12H16F3NO4/c1-2-19-11(18)9-3-6-20-10(9)7-16(4-5-17)8-12(13,14)15/h3,6,17H,2,4-5,7-8H2,1H3. The Morgan fingerprint density at radius 1 is 1.50 bits per heavy atom. The number of carbonyl (C=O) groups is 1. The molecule has 20 heavy (non-hydrogen) atoms. The van der Waals surface area contributed by atoms with Crippen molar-refractivity contribution in [1.82, 2.24) is 4.90 Å². The zero-order valence-electron chi connectivity index (χ0n) is 10.9. The fraction of sp³-hybridized carbons (Fsp3) is 0.583. The van der Waals surface area contributed by atoms with Gasteiger partial charge in [-0.15, -0.1) is 0 Å². The van der Waals surface area contributed by atoms with Crippen molar-refractivity contribution >= 4 is 5.97 Å². The first-order valence-electron chi connectivity index (χ1n) is 6.00. The second-order valence-electron chi connectivity index (χ2n) is 4.03. The van der Waals surface area contributed by atoms with Crippen LogP contribution in [0.2, 0.25) is 0 Å². The van der Waals surface area contributed by atoms with Crippen LogP contribution in [0.1, 0.15) is 23.0 Å². The predicted octanol–water partition coefficient (Wildman–Crippen LogP) is 1.81. The van der Waals surface area contributed by atoms with Gasteiger partial charge in [-0.05, 0) is 13.0 Å². The highest BCUT2D eigenvalue weighted by Gasteiger charge is 2.31. The number of rotatable bonds is 7. The van der Waals surface area contributed by atoms with Gasteiger partial charge in [0.15, 0.2) is 0 Å². The zero-order chi connectivity index (χ0) is 15.2. The van der Waals surface area contributed by atoms with Crippen molar-refractivity contribution in [1.29, 1.82) is 0 Å². The minimum atomic E-state index is -4.40. The number of aliphatic hydroxyl groups is 1. The molecule has 5 nitrogen and oxygen atoms in total. The zero-order valence-corrected chi connectivity index (χ0v) is 10.9. The van der Waals surface area contributed by atoms with E-state index in [4.69, 9.17) is 14.3 Å². The Kier molecular flexibility index (Phi) is 6.03. The van der Waals surface area contributed by atoms with Crippen LogP contribution in [0.4, 0.5) is 13.2 Å². The molecule has 0 bridgehead atoms. The van der Waals surface area contributed by atoms with Crippen molar-refractivity contribution in [2.75, 3.05) is 26.3 Å². The van der Waals surface area contributed by atoms with Gasteiger partial charge in [0.25, 0.3) is 0 Å². The Bertz CT molecular complexity index is 431. The molecular formula is C12H16F3NO4. The monoisotopic (exact) mass is 295 g/mol. The molecule has 1 aromatic rings. The highest BCUT2D eigenvalue weighted by Crippen LogP contribution is 2.20. The fourth-order valence-corrected chi connectivity index (χ4v) is 1.67. The quantitative estimate of drug-likeness (QED) is 0.777. The molecule has 1 heterocycles. The number of esters is 1. The second-order valence-corrected chi connectivity index (χ2v) is 4.03. The lowest BCUT2D eigenvalue weighted by Crippen LogP contribution is -2.36. The number of hydrogen-bond acceptors (Lipinski definition) is 5. The van der Waals surface area contributed by atoms with Crippen LogP contribution in [0.5, 0.6) is 0 Å². The molecule has 114 valence electrons. The van der Waals surface area contributed by atoms with E-state index in [1.807, 2.05) is 0 Å². The molecule has 0 unspecified atom stereocenters. The predicted molar refractivity (Wildman–Crippen MR) is 63.1 cm³/mol. The van der Waals surface area contributed by atoms with Crippen LogP contribution in [0.15, 0.2) is 16.7 Å². The lowest BCUT2D eigenvalue weighted by molar-refractivity contribution is -0.148. The van der Waals surface area contributed by atoms with E-state index in [2.05, 4.69) is 0 Å². The SMILES string of the molecule is CCOC(=O)c1ccoc1CN(CCO)CC(F)(F)F. The molecule has 0 spiro atoms. The average Bonchev–Trinajstić information content (AvgIpc) is 2.75. The van der Waals surface area contributed by atoms with Gasteiger partial charge < -0.3 is 14.3 Å². The minimum Gasteiger partial charge on any atom is -0.467 e. The van der Waals surface area contributed by atoms with Crippen molar-refractivity contribution in [3.63, 3.8) is 0 Å². The second kappa shape index (κ2) is 7.30. The Hall–Kier alpha value is -1.54. The van der Waals surface area contributed by atoms with Crippen molar-refractivity contribution < 1.29 is 32.2 Å². The molecule has 0 aliphatic rings. The van der Waals surface area contributed by atoms with Crippen LogP contribution in [-0.2, 0) is 11.3 Å². The third-order valence-electron chi connectivity index (χ3n) is 2.43. The summed E-state index contributed by atoms with van der Waals surface area (Å²) < 4.78 is 47.0. The Morgan fingerprint density at radius 3 is 2.75 bits per heavy atom. The summed E-state index contributed by atoms with van der Waals surface area (Å²) >= 11 is 0. The molecule has 1 aromatic heterocycles. The molecule has 0 saturated heterocycles. The molecule has 0 radical (unpaired) electrons. The van der Waals surface area contributed by atoms with Gasteiger partial charge in [0.2, 0.25) is 0 Å². The normalized spacial score (nSPS) is 11.9.